The topological polar surface area (TPSA) is 110 Å². The Labute approximate surface area is 245 Å². The van der Waals surface area contributed by atoms with Crippen molar-refractivity contribution in [2.75, 3.05) is 38.7 Å². The van der Waals surface area contributed by atoms with Gasteiger partial charge in [0.1, 0.15) is 18.1 Å². The number of aryl methyl sites for hydroxylation is 2. The zero-order chi connectivity index (χ0) is 29.1. The molecule has 42 heavy (non-hydrogen) atoms. The van der Waals surface area contributed by atoms with E-state index in [2.05, 4.69) is 22.6 Å². The number of likely N-dealkylation sites (tertiary alicyclic amines) is 1. The van der Waals surface area contributed by atoms with Gasteiger partial charge < -0.3 is 24.4 Å². The number of hydrogen-bond donors (Lipinski definition) is 2. The molecular formula is C32H39FN4O5. The normalized spacial score (nSPS) is 22.1. The number of methoxy groups -OCH3 is 1. The Morgan fingerprint density at radius 2 is 2.19 bits per heavy atom. The van der Waals surface area contributed by atoms with Crippen LogP contribution in [0.3, 0.4) is 0 Å². The quantitative estimate of drug-likeness (QED) is 0.265. The van der Waals surface area contributed by atoms with E-state index in [4.69, 9.17) is 19.0 Å². The van der Waals surface area contributed by atoms with Crippen molar-refractivity contribution in [2.45, 2.75) is 69.9 Å². The fourth-order valence-electron chi connectivity index (χ4n) is 6.67. The lowest BCUT2D eigenvalue weighted by atomic mass is 9.98. The summed E-state index contributed by atoms with van der Waals surface area (Å²) in [4.78, 5) is 19.3. The molecule has 1 saturated carbocycles. The molecule has 2 fully saturated rings. The van der Waals surface area contributed by atoms with Crippen molar-refractivity contribution >= 4 is 11.8 Å². The zero-order valence-electron chi connectivity index (χ0n) is 24.1. The maximum absolute atomic E-state index is 15.1. The molecule has 0 radical (unpaired) electrons. The summed E-state index contributed by atoms with van der Waals surface area (Å²) < 4.78 is 31.6. The fraction of sp³-hybridized carbons (Fsp3) is 0.531. The Morgan fingerprint density at radius 3 is 3.00 bits per heavy atom. The second-order valence-corrected chi connectivity index (χ2v) is 11.9. The molecule has 0 bridgehead atoms. The first-order valence-electron chi connectivity index (χ1n) is 15.0. The first kappa shape index (κ1) is 28.6. The lowest BCUT2D eigenvalue weighted by Crippen LogP contribution is -2.33. The Balaban J connectivity index is 1.01. The van der Waals surface area contributed by atoms with E-state index in [-0.39, 0.29) is 17.3 Å². The number of rotatable bonds is 13. The highest BCUT2D eigenvalue weighted by atomic mass is 19.1. The van der Waals surface area contributed by atoms with Crippen LogP contribution < -0.4 is 10.1 Å². The Bertz CT molecular complexity index is 1400. The SMILES string of the molecule is COc1c(F)cc(Cc2cnoc2)cc1C(C(=O)O)N1CCC2(CC2OCCCCCc2ccc3c(n2)NCCC3)C1. The van der Waals surface area contributed by atoms with Crippen molar-refractivity contribution < 1.29 is 28.3 Å². The van der Waals surface area contributed by atoms with Gasteiger partial charge in [-0.25, -0.2) is 9.37 Å². The highest BCUT2D eigenvalue weighted by Gasteiger charge is 2.59. The van der Waals surface area contributed by atoms with E-state index in [1.54, 1.807) is 12.3 Å². The lowest BCUT2D eigenvalue weighted by molar-refractivity contribution is -0.143. The summed E-state index contributed by atoms with van der Waals surface area (Å²) in [5.41, 5.74) is 4.18. The average Bonchev–Trinajstić information content (AvgIpc) is 3.27. The number of carboxylic acid groups (broad SMARTS) is 1. The van der Waals surface area contributed by atoms with Gasteiger partial charge in [-0.2, -0.15) is 0 Å². The molecule has 2 N–H and O–H groups in total. The van der Waals surface area contributed by atoms with Crippen molar-refractivity contribution in [3.63, 3.8) is 0 Å². The van der Waals surface area contributed by atoms with E-state index < -0.39 is 17.8 Å². The van der Waals surface area contributed by atoms with Gasteiger partial charge in [-0.15, -0.1) is 0 Å². The molecule has 1 aromatic carbocycles. The van der Waals surface area contributed by atoms with Crippen molar-refractivity contribution in [3.8, 4) is 5.75 Å². The largest absolute Gasteiger partial charge is 0.493 e. The zero-order valence-corrected chi connectivity index (χ0v) is 24.1. The minimum atomic E-state index is -1.02. The van der Waals surface area contributed by atoms with Crippen LogP contribution in [0.5, 0.6) is 5.75 Å². The predicted molar refractivity (Wildman–Crippen MR) is 154 cm³/mol. The minimum absolute atomic E-state index is 0.0251. The van der Waals surface area contributed by atoms with Crippen molar-refractivity contribution in [2.24, 2.45) is 5.41 Å². The van der Waals surface area contributed by atoms with Gasteiger partial charge in [0, 0.05) is 48.4 Å². The number of hydrogen-bond acceptors (Lipinski definition) is 8. The molecule has 224 valence electrons. The lowest BCUT2D eigenvalue weighted by Gasteiger charge is -2.27. The summed E-state index contributed by atoms with van der Waals surface area (Å²) >= 11 is 0. The molecule has 1 aliphatic carbocycles. The highest BCUT2D eigenvalue weighted by molar-refractivity contribution is 5.77. The summed E-state index contributed by atoms with van der Waals surface area (Å²) in [6.45, 7) is 2.92. The molecule has 9 nitrogen and oxygen atoms in total. The first-order valence-corrected chi connectivity index (χ1v) is 15.0. The van der Waals surface area contributed by atoms with E-state index in [9.17, 15) is 9.90 Å². The maximum atomic E-state index is 15.1. The summed E-state index contributed by atoms with van der Waals surface area (Å²) in [6.07, 6.45) is 11.8. The monoisotopic (exact) mass is 578 g/mol. The third-order valence-electron chi connectivity index (χ3n) is 9.00. The predicted octanol–water partition coefficient (Wildman–Crippen LogP) is 5.19. The third-order valence-corrected chi connectivity index (χ3v) is 9.00. The van der Waals surface area contributed by atoms with Crippen LogP contribution in [0, 0.1) is 11.2 Å². The molecule has 10 heteroatoms. The van der Waals surface area contributed by atoms with Gasteiger partial charge in [0.05, 0.1) is 19.4 Å². The summed E-state index contributed by atoms with van der Waals surface area (Å²) in [5, 5.41) is 17.4. The van der Waals surface area contributed by atoms with E-state index >= 15 is 4.39 Å². The Morgan fingerprint density at radius 1 is 1.29 bits per heavy atom. The molecule has 3 aliphatic rings. The molecule has 3 atom stereocenters. The Hall–Kier alpha value is -3.50. The smallest absolute Gasteiger partial charge is 0.325 e. The average molecular weight is 579 g/mol. The van der Waals surface area contributed by atoms with Crippen LogP contribution in [-0.4, -0.2) is 65.6 Å². The molecule has 4 heterocycles. The van der Waals surface area contributed by atoms with Crippen LogP contribution in [0.4, 0.5) is 10.2 Å². The number of ether oxygens (including phenoxy) is 2. The summed E-state index contributed by atoms with van der Waals surface area (Å²) in [5.74, 6) is -0.565. The van der Waals surface area contributed by atoms with Crippen LogP contribution in [0.2, 0.25) is 0 Å². The number of benzene rings is 1. The number of unbranched alkanes of at least 4 members (excludes halogenated alkanes) is 2. The molecule has 3 aromatic rings. The van der Waals surface area contributed by atoms with Crippen molar-refractivity contribution in [1.82, 2.24) is 15.0 Å². The van der Waals surface area contributed by atoms with Crippen LogP contribution >= 0.6 is 0 Å². The number of anilines is 1. The highest BCUT2D eigenvalue weighted by Crippen LogP contribution is 2.56. The number of nitrogens with one attached hydrogen (secondary N) is 1. The standard InChI is InChI=1S/C32H39FN4O5/c1-40-29-25(15-21(16-26(29)33)14-22-18-35-42-19-22)28(31(38)39)37-12-10-32(20-37)17-27(32)41-13-4-2-3-7-24-9-8-23-6-5-11-34-30(23)36-24/h8-9,15-16,18-19,27-28H,2-7,10-14,17,20H2,1H3,(H,34,36)(H,38,39). The number of fused-ring (bicyclic) bond motifs is 1. The molecule has 0 amide bonds. The van der Waals surface area contributed by atoms with Crippen LogP contribution in [-0.2, 0) is 28.8 Å². The summed E-state index contributed by atoms with van der Waals surface area (Å²) in [6, 6.07) is 6.47. The van der Waals surface area contributed by atoms with E-state index in [1.165, 1.54) is 31.4 Å². The number of aromatic nitrogens is 2. The van der Waals surface area contributed by atoms with Gasteiger partial charge in [0.2, 0.25) is 0 Å². The summed E-state index contributed by atoms with van der Waals surface area (Å²) in [7, 11) is 1.37. The minimum Gasteiger partial charge on any atom is -0.493 e. The van der Waals surface area contributed by atoms with E-state index in [0.717, 1.165) is 68.6 Å². The van der Waals surface area contributed by atoms with Crippen molar-refractivity contribution in [1.29, 1.82) is 0 Å². The second kappa shape index (κ2) is 12.4. The molecule has 3 unspecified atom stereocenters. The van der Waals surface area contributed by atoms with E-state index in [1.807, 2.05) is 4.90 Å². The van der Waals surface area contributed by atoms with Gasteiger partial charge in [0.15, 0.2) is 11.6 Å². The molecule has 2 aliphatic heterocycles. The number of carboxylic acids is 1. The van der Waals surface area contributed by atoms with Gasteiger partial charge in [0.25, 0.3) is 0 Å². The molecular weight excluding hydrogens is 539 g/mol. The van der Waals surface area contributed by atoms with Gasteiger partial charge in [-0.3, -0.25) is 9.69 Å². The number of carbonyl (C=O) groups is 1. The Kier molecular flexibility index (Phi) is 8.44. The third kappa shape index (κ3) is 6.15. The first-order chi connectivity index (χ1) is 20.5. The van der Waals surface area contributed by atoms with Gasteiger partial charge >= 0.3 is 5.97 Å². The molecule has 1 spiro atoms. The molecule has 2 aromatic heterocycles. The number of pyridine rings is 1. The van der Waals surface area contributed by atoms with Crippen LogP contribution in [0.15, 0.2) is 41.2 Å². The number of halogens is 1. The van der Waals surface area contributed by atoms with Crippen molar-refractivity contribution in [3.05, 3.63) is 70.5 Å². The molecule has 6 rings (SSSR count). The second-order valence-electron chi connectivity index (χ2n) is 11.9. The van der Waals surface area contributed by atoms with Crippen LogP contribution in [0.1, 0.15) is 72.5 Å². The van der Waals surface area contributed by atoms with Gasteiger partial charge in [-0.1, -0.05) is 17.6 Å². The molecule has 1 saturated heterocycles. The number of nitrogens with zero attached hydrogens (tertiary/aromatic N) is 3. The van der Waals surface area contributed by atoms with E-state index in [0.29, 0.717) is 37.2 Å². The number of aliphatic carboxylic acids is 1. The van der Waals surface area contributed by atoms with Gasteiger partial charge in [-0.05, 0) is 80.8 Å². The van der Waals surface area contributed by atoms with Crippen LogP contribution in [0.25, 0.3) is 0 Å². The fourth-order valence-corrected chi connectivity index (χ4v) is 6.67. The maximum Gasteiger partial charge on any atom is 0.325 e.